The number of halogens is 1. The molecular formula is C14H22BrN3O2. The lowest BCUT2D eigenvalue weighted by atomic mass is 9.91. The fourth-order valence-corrected chi connectivity index (χ4v) is 3.30. The molecule has 1 aliphatic heterocycles. The molecule has 1 aromatic rings. The molecule has 0 bridgehead atoms. The minimum absolute atomic E-state index is 0.192. The molecule has 1 aliphatic rings. The SMILES string of the molecule is CCn1nc(C)c(Br)c1CN1CCC(C(=O)O)CC1C. The summed E-state index contributed by atoms with van der Waals surface area (Å²) in [4.78, 5) is 13.4. The zero-order chi connectivity index (χ0) is 14.9. The molecule has 1 aromatic heterocycles. The molecular weight excluding hydrogens is 322 g/mol. The number of carboxylic acid groups (broad SMARTS) is 1. The van der Waals surface area contributed by atoms with E-state index in [2.05, 4.69) is 39.8 Å². The number of aryl methyl sites for hydroxylation is 2. The van der Waals surface area contributed by atoms with Crippen molar-refractivity contribution in [2.75, 3.05) is 6.54 Å². The predicted octanol–water partition coefficient (Wildman–Crippen LogP) is 2.66. The molecule has 6 heteroatoms. The molecule has 0 saturated carbocycles. The lowest BCUT2D eigenvalue weighted by Crippen LogP contribution is -2.42. The van der Waals surface area contributed by atoms with E-state index in [1.54, 1.807) is 0 Å². The highest BCUT2D eigenvalue weighted by Gasteiger charge is 2.30. The Morgan fingerprint density at radius 3 is 2.80 bits per heavy atom. The minimum atomic E-state index is -0.660. The van der Waals surface area contributed by atoms with Gasteiger partial charge in [0.25, 0.3) is 0 Å². The van der Waals surface area contributed by atoms with Crippen molar-refractivity contribution < 1.29 is 9.90 Å². The van der Waals surface area contributed by atoms with Gasteiger partial charge < -0.3 is 5.11 Å². The first-order chi connectivity index (χ1) is 9.43. The molecule has 2 unspecified atom stereocenters. The minimum Gasteiger partial charge on any atom is -0.481 e. The van der Waals surface area contributed by atoms with E-state index < -0.39 is 5.97 Å². The molecule has 0 radical (unpaired) electrons. The smallest absolute Gasteiger partial charge is 0.306 e. The van der Waals surface area contributed by atoms with Gasteiger partial charge in [-0.2, -0.15) is 5.10 Å². The van der Waals surface area contributed by atoms with Crippen molar-refractivity contribution in [1.29, 1.82) is 0 Å². The largest absolute Gasteiger partial charge is 0.481 e. The van der Waals surface area contributed by atoms with Crippen LogP contribution in [0.15, 0.2) is 4.47 Å². The maximum atomic E-state index is 11.1. The molecule has 5 nitrogen and oxygen atoms in total. The molecule has 2 rings (SSSR count). The van der Waals surface area contributed by atoms with Crippen LogP contribution in [-0.4, -0.2) is 38.3 Å². The fraction of sp³-hybridized carbons (Fsp3) is 0.714. The number of nitrogens with zero attached hydrogens (tertiary/aromatic N) is 3. The van der Waals surface area contributed by atoms with E-state index in [0.29, 0.717) is 0 Å². The quantitative estimate of drug-likeness (QED) is 0.912. The van der Waals surface area contributed by atoms with Gasteiger partial charge in [0.2, 0.25) is 0 Å². The van der Waals surface area contributed by atoms with Crippen molar-refractivity contribution in [3.8, 4) is 0 Å². The maximum Gasteiger partial charge on any atom is 0.306 e. The summed E-state index contributed by atoms with van der Waals surface area (Å²) in [5.41, 5.74) is 2.19. The number of piperidine rings is 1. The average Bonchev–Trinajstić information content (AvgIpc) is 2.68. The third-order valence-electron chi connectivity index (χ3n) is 4.17. The molecule has 0 aromatic carbocycles. The lowest BCUT2D eigenvalue weighted by Gasteiger charge is -2.36. The third-order valence-corrected chi connectivity index (χ3v) is 5.20. The van der Waals surface area contributed by atoms with E-state index in [1.165, 1.54) is 5.69 Å². The number of likely N-dealkylation sites (tertiary alicyclic amines) is 1. The highest BCUT2D eigenvalue weighted by atomic mass is 79.9. The van der Waals surface area contributed by atoms with Gasteiger partial charge in [-0.3, -0.25) is 14.4 Å². The van der Waals surface area contributed by atoms with E-state index in [0.717, 1.165) is 42.6 Å². The Hall–Kier alpha value is -0.880. The van der Waals surface area contributed by atoms with Crippen LogP contribution in [0.25, 0.3) is 0 Å². The van der Waals surface area contributed by atoms with Crippen LogP contribution in [-0.2, 0) is 17.9 Å². The van der Waals surface area contributed by atoms with Gasteiger partial charge in [-0.05, 0) is 56.1 Å². The summed E-state index contributed by atoms with van der Waals surface area (Å²) in [5, 5.41) is 13.6. The van der Waals surface area contributed by atoms with Crippen molar-refractivity contribution in [3.05, 3.63) is 15.9 Å². The monoisotopic (exact) mass is 343 g/mol. The van der Waals surface area contributed by atoms with E-state index in [9.17, 15) is 4.79 Å². The van der Waals surface area contributed by atoms with Gasteiger partial charge in [0, 0.05) is 19.1 Å². The van der Waals surface area contributed by atoms with Gasteiger partial charge in [-0.25, -0.2) is 0 Å². The van der Waals surface area contributed by atoms with E-state index in [4.69, 9.17) is 5.11 Å². The Balaban J connectivity index is 2.09. The van der Waals surface area contributed by atoms with Crippen LogP contribution in [0.2, 0.25) is 0 Å². The maximum absolute atomic E-state index is 11.1. The van der Waals surface area contributed by atoms with Crippen molar-refractivity contribution >= 4 is 21.9 Å². The first-order valence-corrected chi connectivity index (χ1v) is 7.92. The average molecular weight is 344 g/mol. The third kappa shape index (κ3) is 3.06. The van der Waals surface area contributed by atoms with Crippen LogP contribution in [0.3, 0.4) is 0 Å². The molecule has 1 saturated heterocycles. The van der Waals surface area contributed by atoms with Crippen LogP contribution in [0.5, 0.6) is 0 Å². The molecule has 0 aliphatic carbocycles. The predicted molar refractivity (Wildman–Crippen MR) is 80.6 cm³/mol. The molecule has 1 N–H and O–H groups in total. The number of carboxylic acids is 1. The van der Waals surface area contributed by atoms with Gasteiger partial charge in [-0.1, -0.05) is 0 Å². The fourth-order valence-electron chi connectivity index (χ4n) is 2.89. The highest BCUT2D eigenvalue weighted by molar-refractivity contribution is 9.10. The molecule has 1 fully saturated rings. The normalized spacial score (nSPS) is 24.0. The van der Waals surface area contributed by atoms with E-state index >= 15 is 0 Å². The second-order valence-corrected chi connectivity index (χ2v) is 6.33. The molecule has 20 heavy (non-hydrogen) atoms. The van der Waals surface area contributed by atoms with Crippen molar-refractivity contribution in [2.24, 2.45) is 5.92 Å². The molecule has 112 valence electrons. The highest BCUT2D eigenvalue weighted by Crippen LogP contribution is 2.28. The second-order valence-electron chi connectivity index (χ2n) is 5.54. The lowest BCUT2D eigenvalue weighted by molar-refractivity contribution is -0.144. The second kappa shape index (κ2) is 6.26. The summed E-state index contributed by atoms with van der Waals surface area (Å²) in [6.07, 6.45) is 1.46. The Morgan fingerprint density at radius 2 is 2.25 bits per heavy atom. The van der Waals surface area contributed by atoms with Crippen molar-refractivity contribution in [3.63, 3.8) is 0 Å². The Bertz CT molecular complexity index is 501. The summed E-state index contributed by atoms with van der Waals surface area (Å²) in [6, 6.07) is 0.289. The van der Waals surface area contributed by atoms with Crippen LogP contribution < -0.4 is 0 Å². The van der Waals surface area contributed by atoms with Gasteiger partial charge >= 0.3 is 5.97 Å². The standard InChI is InChI=1S/C14H22BrN3O2/c1-4-18-12(13(15)10(3)16-18)8-17-6-5-11(14(19)20)7-9(17)2/h9,11H,4-8H2,1-3H3,(H,19,20). The summed E-state index contributed by atoms with van der Waals surface area (Å²) >= 11 is 3.62. The number of rotatable bonds is 4. The zero-order valence-corrected chi connectivity index (χ0v) is 13.9. The van der Waals surface area contributed by atoms with Gasteiger partial charge in [0.1, 0.15) is 0 Å². The van der Waals surface area contributed by atoms with Gasteiger partial charge in [-0.15, -0.1) is 0 Å². The number of hydrogen-bond donors (Lipinski definition) is 1. The first kappa shape index (κ1) is 15.5. The molecule has 2 heterocycles. The summed E-state index contributed by atoms with van der Waals surface area (Å²) in [6.45, 7) is 8.70. The Morgan fingerprint density at radius 1 is 1.55 bits per heavy atom. The van der Waals surface area contributed by atoms with Crippen LogP contribution in [0.4, 0.5) is 0 Å². The summed E-state index contributed by atoms with van der Waals surface area (Å²) in [7, 11) is 0. The number of aromatic nitrogens is 2. The van der Waals surface area contributed by atoms with Crippen LogP contribution in [0, 0.1) is 12.8 Å². The van der Waals surface area contributed by atoms with E-state index in [-0.39, 0.29) is 12.0 Å². The number of carbonyl (C=O) groups is 1. The Labute approximate surface area is 128 Å². The van der Waals surface area contributed by atoms with E-state index in [1.807, 2.05) is 11.6 Å². The van der Waals surface area contributed by atoms with Crippen LogP contribution >= 0.6 is 15.9 Å². The molecule has 0 amide bonds. The van der Waals surface area contributed by atoms with Gasteiger partial charge in [0.05, 0.1) is 21.8 Å². The van der Waals surface area contributed by atoms with Crippen molar-refractivity contribution in [1.82, 2.24) is 14.7 Å². The van der Waals surface area contributed by atoms with Gasteiger partial charge in [0.15, 0.2) is 0 Å². The topological polar surface area (TPSA) is 58.4 Å². The zero-order valence-electron chi connectivity index (χ0n) is 12.3. The number of aliphatic carboxylic acids is 1. The first-order valence-electron chi connectivity index (χ1n) is 7.12. The van der Waals surface area contributed by atoms with Crippen LogP contribution in [0.1, 0.15) is 38.1 Å². The Kier molecular flexibility index (Phi) is 4.86. The van der Waals surface area contributed by atoms with Crippen molar-refractivity contribution in [2.45, 2.75) is 52.7 Å². The molecule has 2 atom stereocenters. The molecule has 0 spiro atoms. The summed E-state index contributed by atoms with van der Waals surface area (Å²) < 4.78 is 3.10. The number of hydrogen-bond acceptors (Lipinski definition) is 3. The summed E-state index contributed by atoms with van der Waals surface area (Å²) in [5.74, 6) is -0.852.